The highest BCUT2D eigenvalue weighted by Gasteiger charge is 2.18. The number of rotatable bonds is 4. The highest BCUT2D eigenvalue weighted by Crippen LogP contribution is 2.44. The zero-order valence-electron chi connectivity index (χ0n) is 27.5. The lowest BCUT2D eigenvalue weighted by Crippen LogP contribution is -1.95. The van der Waals surface area contributed by atoms with Gasteiger partial charge in [0.2, 0.25) is 0 Å². The van der Waals surface area contributed by atoms with Crippen LogP contribution in [0.2, 0.25) is 0 Å². The Morgan fingerprint density at radius 2 is 1.02 bits per heavy atom. The van der Waals surface area contributed by atoms with E-state index in [4.69, 9.17) is 4.42 Å². The number of nitrogens with zero attached hydrogens (tertiary/aromatic N) is 1. The smallest absolute Gasteiger partial charge is 0.135 e. The summed E-state index contributed by atoms with van der Waals surface area (Å²) in [4.78, 5) is 0. The molecular formula is C48H29NOS. The number of fused-ring (bicyclic) bond motifs is 9. The fourth-order valence-corrected chi connectivity index (χ4v) is 9.21. The summed E-state index contributed by atoms with van der Waals surface area (Å²) in [6.45, 7) is 0. The summed E-state index contributed by atoms with van der Waals surface area (Å²) in [5.74, 6) is 0. The van der Waals surface area contributed by atoms with E-state index in [9.17, 15) is 0 Å². The van der Waals surface area contributed by atoms with Gasteiger partial charge in [-0.05, 0) is 88.5 Å². The van der Waals surface area contributed by atoms with E-state index in [-0.39, 0.29) is 0 Å². The maximum Gasteiger partial charge on any atom is 0.135 e. The van der Waals surface area contributed by atoms with Crippen molar-refractivity contribution in [2.24, 2.45) is 0 Å². The van der Waals surface area contributed by atoms with Gasteiger partial charge in [-0.1, -0.05) is 115 Å². The molecule has 0 atom stereocenters. The number of hydrogen-bond donors (Lipinski definition) is 0. The van der Waals surface area contributed by atoms with Crippen molar-refractivity contribution in [1.82, 2.24) is 4.57 Å². The Morgan fingerprint density at radius 1 is 0.373 bits per heavy atom. The van der Waals surface area contributed by atoms with E-state index in [1.165, 1.54) is 75.4 Å². The lowest BCUT2D eigenvalue weighted by atomic mass is 9.97. The predicted molar refractivity (Wildman–Crippen MR) is 217 cm³/mol. The van der Waals surface area contributed by atoms with Gasteiger partial charge in [-0.3, -0.25) is 0 Å². The zero-order valence-corrected chi connectivity index (χ0v) is 28.3. The van der Waals surface area contributed by atoms with Gasteiger partial charge in [-0.2, -0.15) is 0 Å². The second kappa shape index (κ2) is 11.0. The van der Waals surface area contributed by atoms with E-state index in [0.717, 1.165) is 27.6 Å². The summed E-state index contributed by atoms with van der Waals surface area (Å²) in [6, 6.07) is 63.9. The average Bonchev–Trinajstić information content (AvgIpc) is 3.87. The Kier molecular flexibility index (Phi) is 6.16. The van der Waals surface area contributed by atoms with Crippen LogP contribution in [0.4, 0.5) is 0 Å². The molecule has 0 saturated heterocycles. The SMILES string of the molecule is c1ccc(-c2cccc(-c3cc(-n4c5ccccc5c5cc(-c6ccc7oc8ccccc8c7c6)ccc54)cc4c3sc3ccccc34)c2)cc1. The minimum atomic E-state index is 0.916. The van der Waals surface area contributed by atoms with Gasteiger partial charge in [0, 0.05) is 53.0 Å². The number of aromatic nitrogens is 1. The second-order valence-electron chi connectivity index (χ2n) is 13.3. The Bertz CT molecular complexity index is 3140. The summed E-state index contributed by atoms with van der Waals surface area (Å²) in [7, 11) is 0. The third-order valence-corrected chi connectivity index (χ3v) is 11.6. The number of benzene rings is 8. The average molecular weight is 668 g/mol. The van der Waals surface area contributed by atoms with Crippen LogP contribution in [0.15, 0.2) is 180 Å². The van der Waals surface area contributed by atoms with Crippen LogP contribution in [0.3, 0.4) is 0 Å². The van der Waals surface area contributed by atoms with Crippen molar-refractivity contribution in [2.75, 3.05) is 0 Å². The first-order chi connectivity index (χ1) is 25.3. The molecule has 0 N–H and O–H groups in total. The minimum absolute atomic E-state index is 0.916. The Hall–Kier alpha value is -6.42. The van der Waals surface area contributed by atoms with Gasteiger partial charge in [-0.15, -0.1) is 11.3 Å². The molecule has 0 saturated carbocycles. The highest BCUT2D eigenvalue weighted by molar-refractivity contribution is 7.26. The number of furan rings is 1. The maximum absolute atomic E-state index is 6.14. The van der Waals surface area contributed by atoms with Gasteiger partial charge in [0.1, 0.15) is 11.2 Å². The predicted octanol–water partition coefficient (Wildman–Crippen LogP) is 14.1. The molecule has 11 aromatic rings. The van der Waals surface area contributed by atoms with Crippen LogP contribution in [0.25, 0.3) is 103 Å². The molecule has 0 aliphatic heterocycles. The molecular weight excluding hydrogens is 639 g/mol. The fourth-order valence-electron chi connectivity index (χ4n) is 7.99. The van der Waals surface area contributed by atoms with Crippen LogP contribution in [-0.4, -0.2) is 4.57 Å². The quantitative estimate of drug-likeness (QED) is 0.183. The Balaban J connectivity index is 1.15. The molecule has 3 heterocycles. The summed E-state index contributed by atoms with van der Waals surface area (Å²) in [6.07, 6.45) is 0. The van der Waals surface area contributed by atoms with Crippen molar-refractivity contribution in [3.63, 3.8) is 0 Å². The van der Waals surface area contributed by atoms with Crippen LogP contribution in [-0.2, 0) is 0 Å². The third-order valence-electron chi connectivity index (χ3n) is 10.4. The van der Waals surface area contributed by atoms with Crippen LogP contribution in [0, 0.1) is 0 Å². The van der Waals surface area contributed by atoms with E-state index in [1.54, 1.807) is 0 Å². The van der Waals surface area contributed by atoms with Crippen molar-refractivity contribution in [3.05, 3.63) is 176 Å². The van der Waals surface area contributed by atoms with Gasteiger partial charge in [-0.25, -0.2) is 0 Å². The summed E-state index contributed by atoms with van der Waals surface area (Å²) < 4.78 is 11.2. The molecule has 0 bridgehead atoms. The molecule has 0 spiro atoms. The van der Waals surface area contributed by atoms with E-state index in [2.05, 4.69) is 168 Å². The molecule has 3 heteroatoms. The number of thiophene rings is 1. The molecule has 51 heavy (non-hydrogen) atoms. The second-order valence-corrected chi connectivity index (χ2v) is 14.4. The summed E-state index contributed by atoms with van der Waals surface area (Å²) >= 11 is 1.88. The molecule has 0 aliphatic carbocycles. The molecule has 0 aliphatic rings. The molecule has 8 aromatic carbocycles. The molecule has 0 unspecified atom stereocenters. The zero-order chi connectivity index (χ0) is 33.5. The first kappa shape index (κ1) is 28.4. The first-order valence-electron chi connectivity index (χ1n) is 17.3. The number of para-hydroxylation sites is 2. The van der Waals surface area contributed by atoms with E-state index in [1.807, 2.05) is 23.5 Å². The van der Waals surface area contributed by atoms with Crippen molar-refractivity contribution >= 4 is 75.3 Å². The molecule has 3 aromatic heterocycles. The first-order valence-corrected chi connectivity index (χ1v) is 18.1. The van der Waals surface area contributed by atoms with Gasteiger partial charge in [0.05, 0.1) is 11.0 Å². The Morgan fingerprint density at radius 3 is 1.92 bits per heavy atom. The topological polar surface area (TPSA) is 18.1 Å². The molecule has 11 rings (SSSR count). The van der Waals surface area contributed by atoms with E-state index >= 15 is 0 Å². The molecule has 0 amide bonds. The van der Waals surface area contributed by atoms with Crippen LogP contribution < -0.4 is 0 Å². The van der Waals surface area contributed by atoms with Gasteiger partial charge in [0.25, 0.3) is 0 Å². The third kappa shape index (κ3) is 4.42. The lowest BCUT2D eigenvalue weighted by molar-refractivity contribution is 0.669. The Labute approximate surface area is 298 Å². The van der Waals surface area contributed by atoms with Crippen molar-refractivity contribution in [3.8, 4) is 39.1 Å². The normalized spacial score (nSPS) is 11.9. The molecule has 0 fully saturated rings. The largest absolute Gasteiger partial charge is 0.456 e. The molecule has 0 radical (unpaired) electrons. The van der Waals surface area contributed by atoms with Gasteiger partial charge in [0.15, 0.2) is 0 Å². The fraction of sp³-hybridized carbons (Fsp3) is 0. The van der Waals surface area contributed by atoms with Crippen molar-refractivity contribution in [2.45, 2.75) is 0 Å². The lowest BCUT2D eigenvalue weighted by Gasteiger charge is -2.13. The van der Waals surface area contributed by atoms with Crippen LogP contribution >= 0.6 is 11.3 Å². The van der Waals surface area contributed by atoms with Crippen LogP contribution in [0.1, 0.15) is 0 Å². The monoisotopic (exact) mass is 667 g/mol. The maximum atomic E-state index is 6.14. The summed E-state index contributed by atoms with van der Waals surface area (Å²) in [5.41, 5.74) is 12.7. The van der Waals surface area contributed by atoms with Crippen molar-refractivity contribution in [1.29, 1.82) is 0 Å². The van der Waals surface area contributed by atoms with E-state index < -0.39 is 0 Å². The van der Waals surface area contributed by atoms with Crippen LogP contribution in [0.5, 0.6) is 0 Å². The van der Waals surface area contributed by atoms with Gasteiger partial charge >= 0.3 is 0 Å². The van der Waals surface area contributed by atoms with Crippen molar-refractivity contribution < 1.29 is 4.42 Å². The van der Waals surface area contributed by atoms with Gasteiger partial charge < -0.3 is 8.98 Å². The standard InChI is InChI=1S/C48H29NOS/c1-2-11-30(12-3-1)31-13-10-14-34(25-31)39-28-35(29-42-38-17-6-9-20-47(38)51-48(39)42)49-43-18-7-4-15-36(43)40-26-32(21-23-44(40)49)33-22-24-46-41(27-33)37-16-5-8-19-45(37)50-46/h1-29H. The molecule has 238 valence electrons. The summed E-state index contributed by atoms with van der Waals surface area (Å²) in [5, 5.41) is 7.36. The molecule has 2 nitrogen and oxygen atoms in total. The van der Waals surface area contributed by atoms with E-state index in [0.29, 0.717) is 0 Å². The minimum Gasteiger partial charge on any atom is -0.456 e. The highest BCUT2D eigenvalue weighted by atomic mass is 32.1. The number of hydrogen-bond acceptors (Lipinski definition) is 2.